The molecule has 0 aromatic rings. The zero-order valence-electron chi connectivity index (χ0n) is 41.9. The van der Waals surface area contributed by atoms with Crippen molar-refractivity contribution in [3.8, 4) is 0 Å². The van der Waals surface area contributed by atoms with Gasteiger partial charge in [-0.2, -0.15) is 0 Å². The normalized spacial score (nSPS) is 12.9. The van der Waals surface area contributed by atoms with E-state index in [1.54, 1.807) is 0 Å². The summed E-state index contributed by atoms with van der Waals surface area (Å²) in [7, 11) is -7.87. The third kappa shape index (κ3) is 54.4. The molecule has 0 rings (SSSR count). The summed E-state index contributed by atoms with van der Waals surface area (Å²) in [6.45, 7) is 9.02. The molecule has 61 heavy (non-hydrogen) atoms. The van der Waals surface area contributed by atoms with Gasteiger partial charge in [0.15, 0.2) is 0 Å². The molecule has 0 aliphatic rings. The minimum absolute atomic E-state index is 0. The van der Waals surface area contributed by atoms with E-state index in [1.165, 1.54) is 218 Å². The van der Waals surface area contributed by atoms with Crippen LogP contribution < -0.4 is 0 Å². The standard InChI is InChI=1S/2C26H55O3P.Ba/c2*1-3-5-7-9-11-13-15-17-19-21-23-25-26(30(27,28)29)24-22-20-18-16-14-12-10-8-6-4-2;/h2*26H,3-25H2,1-2H3,(H2,27,28,29);. The Labute approximate surface area is 423 Å². The molecule has 2 unspecified atom stereocenters. The Balaban J connectivity index is -0.00000109. The molecule has 0 bridgehead atoms. The summed E-state index contributed by atoms with van der Waals surface area (Å²) in [5, 5.41) is 0. The van der Waals surface area contributed by atoms with Gasteiger partial charge in [0.25, 0.3) is 0 Å². The zero-order valence-corrected chi connectivity index (χ0v) is 48.1. The van der Waals surface area contributed by atoms with E-state index in [0.29, 0.717) is 25.7 Å². The van der Waals surface area contributed by atoms with Crippen molar-refractivity contribution < 1.29 is 28.7 Å². The second-order valence-electron chi connectivity index (χ2n) is 19.1. The minimum Gasteiger partial charge on any atom is -0.324 e. The van der Waals surface area contributed by atoms with Crippen molar-refractivity contribution in [1.29, 1.82) is 0 Å². The van der Waals surface area contributed by atoms with Crippen LogP contribution in [0.15, 0.2) is 0 Å². The van der Waals surface area contributed by atoms with Crippen molar-refractivity contribution in [3.63, 3.8) is 0 Å². The van der Waals surface area contributed by atoms with Crippen LogP contribution >= 0.6 is 15.2 Å². The molecule has 2 atom stereocenters. The zero-order chi connectivity index (χ0) is 44.7. The van der Waals surface area contributed by atoms with E-state index in [4.69, 9.17) is 0 Å². The quantitative estimate of drug-likeness (QED) is 0.0274. The summed E-state index contributed by atoms with van der Waals surface area (Å²) in [5.74, 6) is 0. The van der Waals surface area contributed by atoms with Crippen molar-refractivity contribution >= 4 is 64.1 Å². The summed E-state index contributed by atoms with van der Waals surface area (Å²) in [6.07, 6.45) is 56.5. The van der Waals surface area contributed by atoms with Gasteiger partial charge in [-0.1, -0.05) is 297 Å². The van der Waals surface area contributed by atoms with Crippen LogP contribution in [0, 0.1) is 0 Å². The number of hydrogen-bond acceptors (Lipinski definition) is 2. The summed E-state index contributed by atoms with van der Waals surface area (Å²) in [5.41, 5.74) is -0.796. The minimum atomic E-state index is -3.93. The molecule has 0 aliphatic carbocycles. The van der Waals surface area contributed by atoms with Crippen LogP contribution in [-0.4, -0.2) is 79.8 Å². The average Bonchev–Trinajstić information content (AvgIpc) is 3.21. The predicted octanol–water partition coefficient (Wildman–Crippen LogP) is 18.7. The van der Waals surface area contributed by atoms with Gasteiger partial charge in [-0.3, -0.25) is 9.13 Å². The van der Waals surface area contributed by atoms with Gasteiger partial charge >= 0.3 is 15.2 Å². The van der Waals surface area contributed by atoms with Crippen LogP contribution in [0.3, 0.4) is 0 Å². The first-order chi connectivity index (χ1) is 29.0. The Morgan fingerprint density at radius 3 is 0.475 bits per heavy atom. The fraction of sp³-hybridized carbons (Fsp3) is 1.00. The van der Waals surface area contributed by atoms with E-state index < -0.39 is 26.5 Å². The van der Waals surface area contributed by atoms with Gasteiger partial charge in [0, 0.05) is 48.9 Å². The van der Waals surface area contributed by atoms with E-state index in [9.17, 15) is 28.7 Å². The van der Waals surface area contributed by atoms with E-state index >= 15 is 0 Å². The largest absolute Gasteiger partial charge is 0.328 e. The van der Waals surface area contributed by atoms with Gasteiger partial charge in [-0.15, -0.1) is 0 Å². The van der Waals surface area contributed by atoms with E-state index in [2.05, 4.69) is 27.7 Å². The Kier molecular flexibility index (Phi) is 58.2. The third-order valence-electron chi connectivity index (χ3n) is 13.0. The molecule has 0 fully saturated rings. The van der Waals surface area contributed by atoms with Crippen LogP contribution in [0.25, 0.3) is 0 Å². The van der Waals surface area contributed by atoms with Crippen LogP contribution in [0.4, 0.5) is 0 Å². The molecule has 0 spiro atoms. The summed E-state index contributed by atoms with van der Waals surface area (Å²) < 4.78 is 23.7. The number of hydrogen-bond donors (Lipinski definition) is 4. The Morgan fingerprint density at radius 1 is 0.246 bits per heavy atom. The van der Waals surface area contributed by atoms with E-state index in [1.807, 2.05) is 0 Å². The van der Waals surface area contributed by atoms with Gasteiger partial charge in [-0.05, 0) is 25.7 Å². The molecule has 0 saturated heterocycles. The monoisotopic (exact) mass is 1030 g/mol. The van der Waals surface area contributed by atoms with Crippen molar-refractivity contribution in [2.24, 2.45) is 0 Å². The molecule has 366 valence electrons. The second-order valence-corrected chi connectivity index (χ2v) is 22.9. The maximum absolute atomic E-state index is 11.8. The van der Waals surface area contributed by atoms with Gasteiger partial charge < -0.3 is 19.6 Å². The van der Waals surface area contributed by atoms with Crippen LogP contribution in [-0.2, 0) is 9.13 Å². The molecule has 0 aromatic heterocycles. The van der Waals surface area contributed by atoms with Gasteiger partial charge in [0.05, 0.1) is 11.3 Å². The number of rotatable bonds is 48. The molecular weight excluding hydrogens is 920 g/mol. The van der Waals surface area contributed by atoms with E-state index in [-0.39, 0.29) is 48.9 Å². The fourth-order valence-electron chi connectivity index (χ4n) is 8.78. The summed E-state index contributed by atoms with van der Waals surface area (Å²) in [4.78, 5) is 38.8. The van der Waals surface area contributed by atoms with Crippen LogP contribution in [0.2, 0.25) is 0 Å². The third-order valence-corrected chi connectivity index (χ3v) is 16.0. The Hall–Kier alpha value is 1.87. The first-order valence-corrected chi connectivity index (χ1v) is 30.5. The first-order valence-electron chi connectivity index (χ1n) is 27.1. The molecule has 0 aliphatic heterocycles. The molecule has 6 nitrogen and oxygen atoms in total. The van der Waals surface area contributed by atoms with E-state index in [0.717, 1.165) is 51.4 Å². The topological polar surface area (TPSA) is 115 Å². The smallest absolute Gasteiger partial charge is 0.324 e. The molecule has 4 N–H and O–H groups in total. The molecule has 0 heterocycles. The molecule has 2 radical (unpaired) electrons. The molecule has 0 aromatic carbocycles. The van der Waals surface area contributed by atoms with Crippen molar-refractivity contribution in [2.75, 3.05) is 0 Å². The SMILES string of the molecule is CCCCCCCCCCCCCC(CCCCCCCCCCCC)P(=O)(O)O.CCCCCCCCCCCCCC(CCCCCCCCCCCC)P(=O)(O)O.[Ba]. The van der Waals surface area contributed by atoms with Crippen LogP contribution in [0.5, 0.6) is 0 Å². The molecule has 0 saturated carbocycles. The van der Waals surface area contributed by atoms with Gasteiger partial charge in [0.2, 0.25) is 0 Å². The van der Waals surface area contributed by atoms with Gasteiger partial charge in [0.1, 0.15) is 0 Å². The van der Waals surface area contributed by atoms with Gasteiger partial charge in [-0.25, -0.2) is 0 Å². The summed E-state index contributed by atoms with van der Waals surface area (Å²) >= 11 is 0. The van der Waals surface area contributed by atoms with Crippen molar-refractivity contribution in [1.82, 2.24) is 0 Å². The average molecular weight is 1030 g/mol. The Bertz CT molecular complexity index is 840. The maximum atomic E-state index is 11.8. The first kappa shape index (κ1) is 67.1. The summed E-state index contributed by atoms with van der Waals surface area (Å²) in [6, 6.07) is 0. The molecule has 9 heteroatoms. The van der Waals surface area contributed by atoms with Crippen LogP contribution in [0.1, 0.15) is 323 Å². The predicted molar refractivity (Wildman–Crippen MR) is 272 cm³/mol. The second kappa shape index (κ2) is 52.8. The molecular formula is C52H110BaO6P2. The van der Waals surface area contributed by atoms with Crippen molar-refractivity contribution in [3.05, 3.63) is 0 Å². The Morgan fingerprint density at radius 2 is 0.361 bits per heavy atom. The number of unbranched alkanes of at least 4 members (excludes halogenated alkanes) is 38. The molecule has 0 amide bonds. The maximum Gasteiger partial charge on any atom is 0.328 e. The van der Waals surface area contributed by atoms with Crippen molar-refractivity contribution in [2.45, 2.75) is 334 Å². The fourth-order valence-corrected chi connectivity index (χ4v) is 10.9.